The molecule has 0 saturated carbocycles. The van der Waals surface area contributed by atoms with Gasteiger partial charge in [0.1, 0.15) is 0 Å². The van der Waals surface area contributed by atoms with Crippen LogP contribution in [-0.2, 0) is 4.74 Å². The topological polar surface area (TPSA) is 48.9 Å². The first-order valence-corrected chi connectivity index (χ1v) is 9.99. The third kappa shape index (κ3) is 6.32. The number of guanidine groups is 1. The van der Waals surface area contributed by atoms with E-state index in [4.69, 9.17) is 4.74 Å². The number of hydrogen-bond donors (Lipinski definition) is 2. The van der Waals surface area contributed by atoms with Crippen LogP contribution in [0.25, 0.3) is 0 Å². The van der Waals surface area contributed by atoms with Crippen molar-refractivity contribution in [1.82, 2.24) is 15.5 Å². The predicted molar refractivity (Wildman–Crippen MR) is 123 cm³/mol. The fourth-order valence-electron chi connectivity index (χ4n) is 3.96. The molecule has 0 radical (unpaired) electrons. The number of rotatable bonds is 6. The highest BCUT2D eigenvalue weighted by Crippen LogP contribution is 2.25. The molecule has 2 aliphatic rings. The van der Waals surface area contributed by atoms with Crippen LogP contribution in [0.5, 0.6) is 0 Å². The van der Waals surface area contributed by atoms with E-state index < -0.39 is 0 Å². The Balaban J connectivity index is 0.00000261. The van der Waals surface area contributed by atoms with Crippen molar-refractivity contribution < 1.29 is 4.74 Å². The van der Waals surface area contributed by atoms with Crippen LogP contribution in [0.4, 0.5) is 0 Å². The highest BCUT2D eigenvalue weighted by molar-refractivity contribution is 14.0. The zero-order valence-electron chi connectivity index (χ0n) is 17.0. The molecule has 1 aromatic carbocycles. The number of benzene rings is 1. The van der Waals surface area contributed by atoms with Gasteiger partial charge in [0.2, 0.25) is 0 Å². The summed E-state index contributed by atoms with van der Waals surface area (Å²) in [5.41, 5.74) is 2.62. The van der Waals surface area contributed by atoms with E-state index in [2.05, 4.69) is 58.6 Å². The summed E-state index contributed by atoms with van der Waals surface area (Å²) < 4.78 is 5.87. The van der Waals surface area contributed by atoms with Gasteiger partial charge in [-0.1, -0.05) is 29.8 Å². The maximum atomic E-state index is 5.87. The van der Waals surface area contributed by atoms with Crippen LogP contribution in [0.15, 0.2) is 29.3 Å². The maximum absolute atomic E-state index is 5.87. The molecule has 2 saturated heterocycles. The van der Waals surface area contributed by atoms with Gasteiger partial charge in [0.15, 0.2) is 5.96 Å². The normalized spacial score (nSPS) is 24.5. The minimum Gasteiger partial charge on any atom is -0.373 e. The lowest BCUT2D eigenvalue weighted by Crippen LogP contribution is -2.47. The van der Waals surface area contributed by atoms with E-state index in [1.54, 1.807) is 0 Å². The van der Waals surface area contributed by atoms with E-state index in [1.807, 2.05) is 7.05 Å². The largest absolute Gasteiger partial charge is 0.373 e. The molecule has 0 spiro atoms. The van der Waals surface area contributed by atoms with Gasteiger partial charge in [-0.15, -0.1) is 24.0 Å². The third-order valence-corrected chi connectivity index (χ3v) is 5.66. The van der Waals surface area contributed by atoms with Crippen molar-refractivity contribution in [3.63, 3.8) is 0 Å². The molecular weight excluding hydrogens is 451 g/mol. The summed E-state index contributed by atoms with van der Waals surface area (Å²) in [6.45, 7) is 9.21. The maximum Gasteiger partial charge on any atom is 0.191 e. The number of aliphatic imine (C=N–C) groups is 1. The van der Waals surface area contributed by atoms with Gasteiger partial charge >= 0.3 is 0 Å². The zero-order chi connectivity index (χ0) is 18.4. The van der Waals surface area contributed by atoms with E-state index >= 15 is 0 Å². The Labute approximate surface area is 181 Å². The van der Waals surface area contributed by atoms with Gasteiger partial charge in [0.25, 0.3) is 0 Å². The second-order valence-corrected chi connectivity index (χ2v) is 7.88. The first-order valence-electron chi connectivity index (χ1n) is 9.99. The molecule has 1 aromatic rings. The molecule has 0 aliphatic carbocycles. The lowest BCUT2D eigenvalue weighted by Gasteiger charge is -2.30. The summed E-state index contributed by atoms with van der Waals surface area (Å²) in [6, 6.07) is 9.34. The van der Waals surface area contributed by atoms with Gasteiger partial charge in [-0.3, -0.25) is 9.89 Å². The van der Waals surface area contributed by atoms with Gasteiger partial charge in [0.05, 0.1) is 11.6 Å². The van der Waals surface area contributed by atoms with Crippen molar-refractivity contribution in [3.8, 4) is 0 Å². The van der Waals surface area contributed by atoms with Crippen LogP contribution >= 0.6 is 24.0 Å². The van der Waals surface area contributed by atoms with E-state index in [0.717, 1.165) is 38.5 Å². The van der Waals surface area contributed by atoms with E-state index in [9.17, 15) is 0 Å². The fourth-order valence-corrected chi connectivity index (χ4v) is 3.96. The summed E-state index contributed by atoms with van der Waals surface area (Å²) in [4.78, 5) is 7.00. The molecular formula is C21H35IN4O. The zero-order valence-corrected chi connectivity index (χ0v) is 19.3. The number of likely N-dealkylation sites (tertiary alicyclic amines) is 1. The molecule has 5 nitrogen and oxygen atoms in total. The van der Waals surface area contributed by atoms with Gasteiger partial charge in [0, 0.05) is 26.7 Å². The molecule has 0 bridgehead atoms. The number of ether oxygens (including phenoxy) is 1. The highest BCUT2D eigenvalue weighted by atomic mass is 127. The lowest BCUT2D eigenvalue weighted by atomic mass is 10.0. The van der Waals surface area contributed by atoms with Crippen LogP contribution in [0.3, 0.4) is 0 Å². The summed E-state index contributed by atoms with van der Waals surface area (Å²) in [7, 11) is 1.84. The number of hydrogen-bond acceptors (Lipinski definition) is 3. The average Bonchev–Trinajstić information content (AvgIpc) is 3.32. The lowest BCUT2D eigenvalue weighted by molar-refractivity contribution is 0.0242. The minimum atomic E-state index is -0.0665. The van der Waals surface area contributed by atoms with Crippen LogP contribution in [0.1, 0.15) is 49.8 Å². The Morgan fingerprint density at radius 3 is 2.48 bits per heavy atom. The highest BCUT2D eigenvalue weighted by Gasteiger charge is 2.30. The Hall–Kier alpha value is -0.860. The molecule has 2 aliphatic heterocycles. The molecule has 2 heterocycles. The predicted octanol–water partition coefficient (Wildman–Crippen LogP) is 3.48. The first kappa shape index (κ1) is 22.4. The molecule has 2 fully saturated rings. The van der Waals surface area contributed by atoms with Crippen molar-refractivity contribution in [2.45, 2.75) is 51.2 Å². The Kier molecular flexibility index (Phi) is 8.82. The third-order valence-electron chi connectivity index (χ3n) is 5.66. The van der Waals surface area contributed by atoms with Crippen LogP contribution in [0.2, 0.25) is 0 Å². The summed E-state index contributed by atoms with van der Waals surface area (Å²) in [6.07, 6.45) is 4.85. The molecule has 27 heavy (non-hydrogen) atoms. The van der Waals surface area contributed by atoms with E-state index in [0.29, 0.717) is 6.04 Å². The van der Waals surface area contributed by atoms with Crippen LogP contribution in [-0.4, -0.2) is 56.3 Å². The van der Waals surface area contributed by atoms with Crippen LogP contribution in [0, 0.1) is 6.92 Å². The number of aryl methyl sites for hydroxylation is 1. The summed E-state index contributed by atoms with van der Waals surface area (Å²) in [5, 5.41) is 7.00. The molecule has 0 amide bonds. The average molecular weight is 486 g/mol. The number of nitrogens with zero attached hydrogens (tertiary/aromatic N) is 2. The number of nitrogens with one attached hydrogen (secondary N) is 2. The molecule has 152 valence electrons. The fraction of sp³-hybridized carbons (Fsp3) is 0.667. The van der Waals surface area contributed by atoms with E-state index in [1.165, 1.54) is 37.1 Å². The Morgan fingerprint density at radius 2 is 1.89 bits per heavy atom. The van der Waals surface area contributed by atoms with Gasteiger partial charge in [-0.25, -0.2) is 0 Å². The van der Waals surface area contributed by atoms with Crippen LogP contribution < -0.4 is 10.6 Å². The van der Waals surface area contributed by atoms with Gasteiger partial charge in [-0.2, -0.15) is 0 Å². The SMILES string of the molecule is CN=C(NCC(c1ccc(C)cc1)N1CCCC1)NCC1(C)CCCO1.I. The van der Waals surface area contributed by atoms with Crippen molar-refractivity contribution in [2.75, 3.05) is 39.8 Å². The van der Waals surface area contributed by atoms with E-state index in [-0.39, 0.29) is 29.6 Å². The molecule has 2 unspecified atom stereocenters. The molecule has 2 N–H and O–H groups in total. The van der Waals surface area contributed by atoms with Crippen molar-refractivity contribution >= 4 is 29.9 Å². The van der Waals surface area contributed by atoms with Gasteiger partial charge in [-0.05, 0) is 58.2 Å². The monoisotopic (exact) mass is 486 g/mol. The standard InChI is InChI=1S/C21H34N4O.HI/c1-17-7-9-18(10-8-17)19(25-12-4-5-13-25)15-23-20(22-3)24-16-21(2)11-6-14-26-21;/h7-10,19H,4-6,11-16H2,1-3H3,(H2,22,23,24);1H. The molecule has 3 rings (SSSR count). The van der Waals surface area contributed by atoms with Crippen molar-refractivity contribution in [1.29, 1.82) is 0 Å². The second kappa shape index (κ2) is 10.6. The number of halogens is 1. The first-order chi connectivity index (χ1) is 12.6. The second-order valence-electron chi connectivity index (χ2n) is 7.88. The smallest absolute Gasteiger partial charge is 0.191 e. The molecule has 6 heteroatoms. The molecule has 0 aromatic heterocycles. The van der Waals surface area contributed by atoms with Crippen molar-refractivity contribution in [3.05, 3.63) is 35.4 Å². The quantitative estimate of drug-likeness (QED) is 0.367. The Bertz CT molecular complexity index is 593. The van der Waals surface area contributed by atoms with Gasteiger partial charge < -0.3 is 15.4 Å². The minimum absolute atomic E-state index is 0. The Morgan fingerprint density at radius 1 is 1.19 bits per heavy atom. The molecule has 2 atom stereocenters. The van der Waals surface area contributed by atoms with Crippen molar-refractivity contribution in [2.24, 2.45) is 4.99 Å². The summed E-state index contributed by atoms with van der Waals surface area (Å²) in [5.74, 6) is 0.859. The summed E-state index contributed by atoms with van der Waals surface area (Å²) >= 11 is 0.